The Morgan fingerprint density at radius 3 is 2.44 bits per heavy atom. The Hall–Kier alpha value is -2.80. The van der Waals surface area contributed by atoms with Crippen LogP contribution in [0.5, 0.6) is 11.5 Å². The first-order chi connectivity index (χ1) is 11.9. The number of benzene rings is 2. The lowest BCUT2D eigenvalue weighted by molar-refractivity contribution is -0.384. The summed E-state index contributed by atoms with van der Waals surface area (Å²) < 4.78 is 10.7. The van der Waals surface area contributed by atoms with Crippen molar-refractivity contribution in [1.82, 2.24) is 5.32 Å². The predicted molar refractivity (Wildman–Crippen MR) is 93.5 cm³/mol. The van der Waals surface area contributed by atoms with Crippen molar-refractivity contribution < 1.29 is 19.2 Å². The van der Waals surface area contributed by atoms with E-state index in [-0.39, 0.29) is 28.9 Å². The molecule has 1 atom stereocenters. The molecule has 0 radical (unpaired) electrons. The van der Waals surface area contributed by atoms with E-state index in [9.17, 15) is 14.9 Å². The molecule has 1 amide bonds. The summed E-state index contributed by atoms with van der Waals surface area (Å²) in [6.45, 7) is 2.03. The molecule has 0 spiro atoms. The van der Waals surface area contributed by atoms with Gasteiger partial charge in [-0.05, 0) is 37.3 Å². The minimum absolute atomic E-state index is 0.0231. The number of amides is 1. The number of rotatable bonds is 7. The van der Waals surface area contributed by atoms with Gasteiger partial charge in [-0.1, -0.05) is 11.6 Å². The third-order valence-electron chi connectivity index (χ3n) is 3.35. The molecular weight excluding hydrogens is 348 g/mol. The van der Waals surface area contributed by atoms with Crippen LogP contribution in [0.1, 0.15) is 17.3 Å². The van der Waals surface area contributed by atoms with Gasteiger partial charge in [-0.15, -0.1) is 0 Å². The van der Waals surface area contributed by atoms with Gasteiger partial charge in [0, 0.05) is 12.1 Å². The summed E-state index contributed by atoms with van der Waals surface area (Å²) in [6.07, 6.45) is 0. The molecule has 0 saturated heterocycles. The Bertz CT molecular complexity index is 764. The molecule has 1 N–H and O–H groups in total. The number of nitro benzene ring substituents is 1. The van der Waals surface area contributed by atoms with Crippen molar-refractivity contribution in [3.8, 4) is 11.5 Å². The lowest BCUT2D eigenvalue weighted by Gasteiger charge is -2.15. The van der Waals surface area contributed by atoms with E-state index in [1.165, 1.54) is 12.1 Å². The summed E-state index contributed by atoms with van der Waals surface area (Å²) in [6, 6.07) is 10.5. The van der Waals surface area contributed by atoms with Gasteiger partial charge in [-0.2, -0.15) is 0 Å². The lowest BCUT2D eigenvalue weighted by atomic mass is 10.2. The van der Waals surface area contributed by atoms with Gasteiger partial charge in [-0.3, -0.25) is 14.9 Å². The van der Waals surface area contributed by atoms with Crippen LogP contribution in [0.3, 0.4) is 0 Å². The van der Waals surface area contributed by atoms with Crippen molar-refractivity contribution in [2.45, 2.75) is 13.0 Å². The average molecular weight is 365 g/mol. The smallest absolute Gasteiger partial charge is 0.270 e. The van der Waals surface area contributed by atoms with Gasteiger partial charge in [0.05, 0.1) is 28.7 Å². The van der Waals surface area contributed by atoms with Crippen molar-refractivity contribution in [2.24, 2.45) is 0 Å². The van der Waals surface area contributed by atoms with E-state index in [1.54, 1.807) is 38.3 Å². The van der Waals surface area contributed by atoms with Crippen molar-refractivity contribution in [3.05, 3.63) is 63.2 Å². The standard InChI is InChI=1S/C17H17ClN2O5/c1-11(10-25-14-6-4-13(24-2)5-7-14)19-17(21)15-8-3-12(20(22)23)9-16(15)18/h3-9,11H,10H2,1-2H3,(H,19,21)/t11-/m0/s1. The minimum atomic E-state index is -0.571. The quantitative estimate of drug-likeness (QED) is 0.600. The molecule has 25 heavy (non-hydrogen) atoms. The first kappa shape index (κ1) is 18.5. The maximum absolute atomic E-state index is 12.2. The van der Waals surface area contributed by atoms with Crippen molar-refractivity contribution in [2.75, 3.05) is 13.7 Å². The van der Waals surface area contributed by atoms with Gasteiger partial charge < -0.3 is 14.8 Å². The Morgan fingerprint density at radius 2 is 1.88 bits per heavy atom. The highest BCUT2D eigenvalue weighted by Crippen LogP contribution is 2.22. The number of nitrogens with zero attached hydrogens (tertiary/aromatic N) is 1. The van der Waals surface area contributed by atoms with E-state index in [0.717, 1.165) is 11.8 Å². The first-order valence-electron chi connectivity index (χ1n) is 7.42. The summed E-state index contributed by atoms with van der Waals surface area (Å²) in [4.78, 5) is 22.3. The van der Waals surface area contributed by atoms with Crippen LogP contribution in [0.2, 0.25) is 5.02 Å². The first-order valence-corrected chi connectivity index (χ1v) is 7.80. The number of carbonyl (C=O) groups excluding carboxylic acids is 1. The number of methoxy groups -OCH3 is 1. The van der Waals surface area contributed by atoms with Crippen molar-refractivity contribution in [1.29, 1.82) is 0 Å². The lowest BCUT2D eigenvalue weighted by Crippen LogP contribution is -2.36. The molecule has 2 rings (SSSR count). The van der Waals surface area contributed by atoms with E-state index in [4.69, 9.17) is 21.1 Å². The highest BCUT2D eigenvalue weighted by Gasteiger charge is 2.16. The Balaban J connectivity index is 1.92. The molecule has 0 fully saturated rings. The molecule has 0 aromatic heterocycles. The van der Waals surface area contributed by atoms with Crippen LogP contribution in [-0.4, -0.2) is 30.6 Å². The van der Waals surface area contributed by atoms with Crippen molar-refractivity contribution >= 4 is 23.2 Å². The van der Waals surface area contributed by atoms with E-state index >= 15 is 0 Å². The largest absolute Gasteiger partial charge is 0.497 e. The van der Waals surface area contributed by atoms with E-state index in [0.29, 0.717) is 5.75 Å². The molecule has 2 aromatic carbocycles. The van der Waals surface area contributed by atoms with Gasteiger partial charge in [0.15, 0.2) is 0 Å². The zero-order chi connectivity index (χ0) is 18.4. The number of hydrogen-bond acceptors (Lipinski definition) is 5. The molecule has 2 aromatic rings. The number of nitro groups is 1. The second-order valence-corrected chi connectivity index (χ2v) is 5.69. The average Bonchev–Trinajstić information content (AvgIpc) is 2.60. The summed E-state index contributed by atoms with van der Waals surface area (Å²) in [7, 11) is 1.58. The van der Waals surface area contributed by atoms with Crippen LogP contribution in [0.4, 0.5) is 5.69 Å². The summed E-state index contributed by atoms with van der Waals surface area (Å²) in [5.74, 6) is 0.947. The van der Waals surface area contributed by atoms with Crippen LogP contribution >= 0.6 is 11.6 Å². The highest BCUT2D eigenvalue weighted by molar-refractivity contribution is 6.34. The second-order valence-electron chi connectivity index (χ2n) is 5.28. The summed E-state index contributed by atoms with van der Waals surface area (Å²) in [5.41, 5.74) is 0.000927. The SMILES string of the molecule is COc1ccc(OC[C@H](C)NC(=O)c2ccc([N+](=O)[O-])cc2Cl)cc1. The van der Waals surface area contributed by atoms with Crippen LogP contribution in [0.25, 0.3) is 0 Å². The third kappa shape index (κ3) is 5.09. The topological polar surface area (TPSA) is 90.7 Å². The molecule has 0 saturated carbocycles. The van der Waals surface area contributed by atoms with Crippen LogP contribution in [-0.2, 0) is 0 Å². The molecule has 0 aliphatic carbocycles. The van der Waals surface area contributed by atoms with Gasteiger partial charge >= 0.3 is 0 Å². The maximum Gasteiger partial charge on any atom is 0.270 e. The molecule has 132 valence electrons. The Labute approximate surface area is 149 Å². The number of carbonyl (C=O) groups is 1. The molecule has 0 unspecified atom stereocenters. The second kappa shape index (κ2) is 8.34. The zero-order valence-corrected chi connectivity index (χ0v) is 14.4. The summed E-state index contributed by atoms with van der Waals surface area (Å²) >= 11 is 5.94. The van der Waals surface area contributed by atoms with Gasteiger partial charge in [0.2, 0.25) is 0 Å². The summed E-state index contributed by atoms with van der Waals surface area (Å²) in [5, 5.41) is 13.5. The molecule has 0 bridgehead atoms. The Morgan fingerprint density at radius 1 is 1.24 bits per heavy atom. The fourth-order valence-corrected chi connectivity index (χ4v) is 2.30. The molecule has 8 heteroatoms. The van der Waals surface area contributed by atoms with E-state index in [1.807, 2.05) is 0 Å². The number of ether oxygens (including phenoxy) is 2. The van der Waals surface area contributed by atoms with Crippen LogP contribution in [0.15, 0.2) is 42.5 Å². The van der Waals surface area contributed by atoms with Gasteiger partial charge in [0.1, 0.15) is 18.1 Å². The highest BCUT2D eigenvalue weighted by atomic mass is 35.5. The number of halogens is 1. The Kier molecular flexibility index (Phi) is 6.19. The fourth-order valence-electron chi connectivity index (χ4n) is 2.04. The normalized spacial score (nSPS) is 11.5. The fraction of sp³-hybridized carbons (Fsp3) is 0.235. The zero-order valence-electron chi connectivity index (χ0n) is 13.7. The van der Waals surface area contributed by atoms with Crippen LogP contribution < -0.4 is 14.8 Å². The minimum Gasteiger partial charge on any atom is -0.497 e. The van der Waals surface area contributed by atoms with E-state index in [2.05, 4.69) is 5.32 Å². The van der Waals surface area contributed by atoms with Gasteiger partial charge in [-0.25, -0.2) is 0 Å². The number of hydrogen-bond donors (Lipinski definition) is 1. The number of nitrogens with one attached hydrogen (secondary N) is 1. The maximum atomic E-state index is 12.2. The number of non-ortho nitro benzene ring substituents is 1. The molecule has 0 aliphatic heterocycles. The van der Waals surface area contributed by atoms with Gasteiger partial charge in [0.25, 0.3) is 11.6 Å². The van der Waals surface area contributed by atoms with Crippen molar-refractivity contribution in [3.63, 3.8) is 0 Å². The predicted octanol–water partition coefficient (Wildman–Crippen LogP) is 3.45. The third-order valence-corrected chi connectivity index (χ3v) is 3.66. The molecular formula is C17H17ClN2O5. The van der Waals surface area contributed by atoms with E-state index < -0.39 is 10.8 Å². The molecule has 0 aliphatic rings. The molecule has 0 heterocycles. The monoisotopic (exact) mass is 364 g/mol. The molecule has 7 nitrogen and oxygen atoms in total. The van der Waals surface area contributed by atoms with Crippen LogP contribution in [0, 0.1) is 10.1 Å².